The van der Waals surface area contributed by atoms with Crippen molar-refractivity contribution >= 4 is 0 Å². The van der Waals surface area contributed by atoms with Gasteiger partial charge >= 0.3 is 0 Å². The topological polar surface area (TPSA) is 35.2 Å². The summed E-state index contributed by atoms with van der Waals surface area (Å²) in [6.07, 6.45) is 6.81. The van der Waals surface area contributed by atoms with Crippen LogP contribution >= 0.6 is 0 Å². The van der Waals surface area contributed by atoms with Crippen molar-refractivity contribution in [3.63, 3.8) is 0 Å². The minimum Gasteiger partial charge on any atom is -0.493 e. The SMILES string of the molecule is C#CCCCOc1ccc(C)cc1[C@@H](C)N. The van der Waals surface area contributed by atoms with Gasteiger partial charge in [-0.25, -0.2) is 0 Å². The number of terminal acetylenes is 1. The highest BCUT2D eigenvalue weighted by Gasteiger charge is 2.07. The number of ether oxygens (including phenoxy) is 1. The first-order valence-electron chi connectivity index (χ1n) is 5.57. The van der Waals surface area contributed by atoms with Crippen LogP contribution < -0.4 is 10.5 Å². The van der Waals surface area contributed by atoms with Crippen LogP contribution in [0, 0.1) is 19.3 Å². The van der Waals surface area contributed by atoms with E-state index in [4.69, 9.17) is 16.9 Å². The highest BCUT2D eigenvalue weighted by molar-refractivity contribution is 5.38. The second-order valence-electron chi connectivity index (χ2n) is 3.99. The summed E-state index contributed by atoms with van der Waals surface area (Å²) in [6, 6.07) is 6.07. The molecule has 2 N–H and O–H groups in total. The number of benzene rings is 1. The quantitative estimate of drug-likeness (QED) is 0.608. The lowest BCUT2D eigenvalue weighted by molar-refractivity contribution is 0.308. The first-order valence-corrected chi connectivity index (χ1v) is 5.57. The lowest BCUT2D eigenvalue weighted by atomic mass is 10.1. The summed E-state index contributed by atoms with van der Waals surface area (Å²) in [5, 5.41) is 0. The Morgan fingerprint density at radius 1 is 1.50 bits per heavy atom. The highest BCUT2D eigenvalue weighted by Crippen LogP contribution is 2.25. The van der Waals surface area contributed by atoms with Crippen molar-refractivity contribution in [2.75, 3.05) is 6.61 Å². The minimum absolute atomic E-state index is 0.0115. The van der Waals surface area contributed by atoms with Gasteiger partial charge in [0, 0.05) is 18.0 Å². The molecular formula is C14H19NO. The molecule has 1 rings (SSSR count). The molecule has 0 heterocycles. The minimum atomic E-state index is -0.0115. The predicted molar refractivity (Wildman–Crippen MR) is 67.3 cm³/mol. The first-order chi connectivity index (χ1) is 7.65. The van der Waals surface area contributed by atoms with E-state index in [-0.39, 0.29) is 6.04 Å². The van der Waals surface area contributed by atoms with Crippen molar-refractivity contribution in [2.24, 2.45) is 5.73 Å². The second-order valence-corrected chi connectivity index (χ2v) is 3.99. The van der Waals surface area contributed by atoms with Crippen LogP contribution in [-0.4, -0.2) is 6.61 Å². The third-order valence-electron chi connectivity index (χ3n) is 2.38. The molecule has 0 aliphatic heterocycles. The highest BCUT2D eigenvalue weighted by atomic mass is 16.5. The molecule has 16 heavy (non-hydrogen) atoms. The fourth-order valence-electron chi connectivity index (χ4n) is 1.51. The molecule has 1 aromatic carbocycles. The predicted octanol–water partition coefficient (Wildman–Crippen LogP) is 2.81. The Morgan fingerprint density at radius 2 is 2.25 bits per heavy atom. The number of hydrogen-bond acceptors (Lipinski definition) is 2. The second kappa shape index (κ2) is 6.19. The molecule has 0 aliphatic rings. The molecule has 0 unspecified atom stereocenters. The van der Waals surface area contributed by atoms with Crippen LogP contribution in [0.4, 0.5) is 0 Å². The van der Waals surface area contributed by atoms with Crippen molar-refractivity contribution in [1.29, 1.82) is 0 Å². The maximum absolute atomic E-state index is 5.90. The summed E-state index contributed by atoms with van der Waals surface area (Å²) in [5.41, 5.74) is 8.16. The number of hydrogen-bond donors (Lipinski definition) is 1. The summed E-state index contributed by atoms with van der Waals surface area (Å²) < 4.78 is 5.68. The Labute approximate surface area is 97.8 Å². The van der Waals surface area contributed by atoms with Gasteiger partial charge in [0.1, 0.15) is 5.75 Å². The van der Waals surface area contributed by atoms with Crippen LogP contribution in [0.1, 0.15) is 36.9 Å². The maximum atomic E-state index is 5.90. The monoisotopic (exact) mass is 217 g/mol. The third kappa shape index (κ3) is 3.60. The van der Waals surface area contributed by atoms with Crippen molar-refractivity contribution in [3.05, 3.63) is 29.3 Å². The van der Waals surface area contributed by atoms with Crippen molar-refractivity contribution in [3.8, 4) is 18.1 Å². The molecule has 1 atom stereocenters. The molecule has 2 heteroatoms. The van der Waals surface area contributed by atoms with E-state index in [9.17, 15) is 0 Å². The van der Waals surface area contributed by atoms with Gasteiger partial charge < -0.3 is 10.5 Å². The fourth-order valence-corrected chi connectivity index (χ4v) is 1.51. The fraction of sp³-hybridized carbons (Fsp3) is 0.429. The standard InChI is InChI=1S/C14H19NO/c1-4-5-6-9-16-14-8-7-11(2)10-13(14)12(3)15/h1,7-8,10,12H,5-6,9,15H2,2-3H3/t12-/m1/s1. The summed E-state index contributed by atoms with van der Waals surface area (Å²) in [5.74, 6) is 3.47. The van der Waals surface area contributed by atoms with E-state index >= 15 is 0 Å². The first kappa shape index (κ1) is 12.6. The molecule has 0 amide bonds. The number of unbranched alkanes of at least 4 members (excludes halogenated alkanes) is 1. The van der Waals surface area contributed by atoms with Gasteiger partial charge in [-0.05, 0) is 26.3 Å². The molecule has 0 spiro atoms. The number of nitrogens with two attached hydrogens (primary N) is 1. The molecule has 86 valence electrons. The van der Waals surface area contributed by atoms with Crippen LogP contribution in [0.15, 0.2) is 18.2 Å². The van der Waals surface area contributed by atoms with E-state index in [0.29, 0.717) is 6.61 Å². The van der Waals surface area contributed by atoms with Gasteiger partial charge in [0.2, 0.25) is 0 Å². The van der Waals surface area contributed by atoms with E-state index in [1.165, 1.54) is 5.56 Å². The van der Waals surface area contributed by atoms with Gasteiger partial charge in [-0.1, -0.05) is 17.7 Å². The van der Waals surface area contributed by atoms with Crippen LogP contribution in [0.2, 0.25) is 0 Å². The summed E-state index contributed by atoms with van der Waals surface area (Å²) in [4.78, 5) is 0. The lowest BCUT2D eigenvalue weighted by Crippen LogP contribution is -2.09. The smallest absolute Gasteiger partial charge is 0.124 e. The Hall–Kier alpha value is -1.46. The zero-order valence-electron chi connectivity index (χ0n) is 9.99. The van der Waals surface area contributed by atoms with Crippen LogP contribution in [0.3, 0.4) is 0 Å². The molecule has 2 nitrogen and oxygen atoms in total. The zero-order valence-corrected chi connectivity index (χ0v) is 9.99. The molecule has 0 aliphatic carbocycles. The van der Waals surface area contributed by atoms with Gasteiger partial charge in [0.25, 0.3) is 0 Å². The average Bonchev–Trinajstić information content (AvgIpc) is 2.26. The Morgan fingerprint density at radius 3 is 2.88 bits per heavy atom. The van der Waals surface area contributed by atoms with Gasteiger partial charge in [0.05, 0.1) is 6.61 Å². The zero-order chi connectivity index (χ0) is 12.0. The molecule has 0 fully saturated rings. The normalized spacial score (nSPS) is 11.9. The van der Waals surface area contributed by atoms with Gasteiger partial charge in [-0.3, -0.25) is 0 Å². The van der Waals surface area contributed by atoms with Gasteiger partial charge in [-0.2, -0.15) is 0 Å². The lowest BCUT2D eigenvalue weighted by Gasteiger charge is -2.14. The number of rotatable bonds is 5. The summed E-state index contributed by atoms with van der Waals surface area (Å²) in [7, 11) is 0. The third-order valence-corrected chi connectivity index (χ3v) is 2.38. The van der Waals surface area contributed by atoms with Crippen LogP contribution in [-0.2, 0) is 0 Å². The molecule has 1 aromatic rings. The van der Waals surface area contributed by atoms with E-state index < -0.39 is 0 Å². The Balaban J connectivity index is 2.68. The van der Waals surface area contributed by atoms with E-state index in [2.05, 4.69) is 12.0 Å². The Kier molecular flexibility index (Phi) is 4.88. The molecule has 0 saturated heterocycles. The van der Waals surface area contributed by atoms with Crippen molar-refractivity contribution < 1.29 is 4.74 Å². The molecule has 0 aromatic heterocycles. The van der Waals surface area contributed by atoms with E-state index in [1.54, 1.807) is 0 Å². The molecular weight excluding hydrogens is 198 g/mol. The Bertz CT molecular complexity index is 377. The van der Waals surface area contributed by atoms with Gasteiger partial charge in [0.15, 0.2) is 0 Å². The van der Waals surface area contributed by atoms with E-state index in [0.717, 1.165) is 24.2 Å². The molecule has 0 radical (unpaired) electrons. The largest absolute Gasteiger partial charge is 0.493 e. The molecule has 0 saturated carbocycles. The maximum Gasteiger partial charge on any atom is 0.124 e. The van der Waals surface area contributed by atoms with Crippen molar-refractivity contribution in [2.45, 2.75) is 32.7 Å². The van der Waals surface area contributed by atoms with Crippen LogP contribution in [0.25, 0.3) is 0 Å². The van der Waals surface area contributed by atoms with E-state index in [1.807, 2.05) is 26.0 Å². The average molecular weight is 217 g/mol. The molecule has 0 bridgehead atoms. The number of aryl methyl sites for hydroxylation is 1. The van der Waals surface area contributed by atoms with Crippen molar-refractivity contribution in [1.82, 2.24) is 0 Å². The van der Waals surface area contributed by atoms with Crippen LogP contribution in [0.5, 0.6) is 5.75 Å². The summed E-state index contributed by atoms with van der Waals surface area (Å²) >= 11 is 0. The summed E-state index contributed by atoms with van der Waals surface area (Å²) in [6.45, 7) is 4.66. The van der Waals surface area contributed by atoms with Gasteiger partial charge in [-0.15, -0.1) is 12.3 Å².